The summed E-state index contributed by atoms with van der Waals surface area (Å²) in [4.78, 5) is 46.8. The number of likely N-dealkylation sites (tertiary alicyclic amines) is 1. The molecule has 1 aromatic heterocycles. The van der Waals surface area contributed by atoms with E-state index >= 15 is 0 Å². The van der Waals surface area contributed by atoms with Crippen molar-refractivity contribution >= 4 is 27.6 Å². The van der Waals surface area contributed by atoms with E-state index < -0.39 is 62.8 Å². The van der Waals surface area contributed by atoms with Gasteiger partial charge in [-0.25, -0.2) is 8.42 Å². The van der Waals surface area contributed by atoms with Crippen LogP contribution in [0.3, 0.4) is 0 Å². The Morgan fingerprint density at radius 2 is 1.68 bits per heavy atom. The predicted octanol–water partition coefficient (Wildman–Crippen LogP) is 2.65. The number of nitrogens with zero attached hydrogens (tertiary/aromatic N) is 2. The molecule has 0 bridgehead atoms. The number of aliphatic hydroxyl groups excluding tert-OH is 1. The first-order valence-corrected chi connectivity index (χ1v) is 19.4. The Morgan fingerprint density at radius 3 is 2.30 bits per heavy atom. The highest BCUT2D eigenvalue weighted by molar-refractivity contribution is 7.92. The molecule has 1 saturated heterocycles. The lowest BCUT2D eigenvalue weighted by molar-refractivity contribution is -0.133. The first-order chi connectivity index (χ1) is 23.4. The van der Waals surface area contributed by atoms with Crippen molar-refractivity contribution < 1.29 is 32.6 Å². The summed E-state index contributed by atoms with van der Waals surface area (Å²) in [7, 11) is -3.88. The second-order valence-electron chi connectivity index (χ2n) is 15.5. The molecule has 3 amide bonds. The molecule has 6 atom stereocenters. The Hall–Kier alpha value is -3.55. The number of pyridine rings is 1. The molecule has 2 aliphatic rings. The number of aromatic nitrogens is 1. The van der Waals surface area contributed by atoms with Gasteiger partial charge in [0.2, 0.25) is 11.8 Å². The molecule has 4 N–H and O–H groups in total. The second kappa shape index (κ2) is 16.6. The zero-order valence-electron chi connectivity index (χ0n) is 30.2. The highest BCUT2D eigenvalue weighted by atomic mass is 32.2. The van der Waals surface area contributed by atoms with E-state index in [4.69, 9.17) is 4.74 Å². The van der Waals surface area contributed by atoms with Crippen LogP contribution in [0.2, 0.25) is 0 Å². The van der Waals surface area contributed by atoms with Crippen LogP contribution in [0.1, 0.15) is 72.3 Å². The molecule has 4 rings (SSSR count). The summed E-state index contributed by atoms with van der Waals surface area (Å²) in [5, 5.41) is 20.5. The minimum absolute atomic E-state index is 0.0800. The number of benzene rings is 1. The standard InChI is InChI=1S/C37H55N5O7S/c1-36(2,3)41-34(45)30-20-26-15-10-11-16-27(26)22-42(30)23-31(43)29(19-25-13-8-7-9-14-25)39-35(46)33(37(4,5)50(6,47)48)40-32(44)24-49-28-17-12-18-38-21-28/h7-9,12-14,17-18,21,26-27,29-31,33,43H,10-11,15-16,19-20,22-24H2,1-6H3,(H,39,46)(H,40,44)(H,41,45)/t26-,27+,29-,30-,31+,33+/m0/s1. The van der Waals surface area contributed by atoms with Crippen LogP contribution in [0, 0.1) is 11.8 Å². The molecule has 0 spiro atoms. The number of rotatable bonds is 14. The number of carbonyl (C=O) groups is 3. The van der Waals surface area contributed by atoms with E-state index in [1.54, 1.807) is 18.3 Å². The molecule has 1 saturated carbocycles. The third kappa shape index (κ3) is 10.7. The number of nitrogens with one attached hydrogen (secondary N) is 3. The first-order valence-electron chi connectivity index (χ1n) is 17.5. The number of carbonyl (C=O) groups excluding carboxylic acids is 3. The van der Waals surface area contributed by atoms with Gasteiger partial charge in [-0.3, -0.25) is 24.3 Å². The molecule has 2 heterocycles. The first kappa shape index (κ1) is 39.2. The van der Waals surface area contributed by atoms with E-state index in [2.05, 4.69) is 25.8 Å². The summed E-state index contributed by atoms with van der Waals surface area (Å²) in [5.74, 6) is -0.345. The van der Waals surface area contributed by atoms with Gasteiger partial charge in [0.25, 0.3) is 5.91 Å². The molecule has 13 heteroatoms. The molecule has 50 heavy (non-hydrogen) atoms. The van der Waals surface area contributed by atoms with Gasteiger partial charge in [-0.05, 0) is 83.4 Å². The summed E-state index contributed by atoms with van der Waals surface area (Å²) in [6, 6.07) is 9.79. The Kier molecular flexibility index (Phi) is 13.1. The zero-order chi connectivity index (χ0) is 36.7. The molecule has 1 aromatic carbocycles. The van der Waals surface area contributed by atoms with E-state index in [0.29, 0.717) is 30.6 Å². The molecule has 2 aromatic rings. The highest BCUT2D eigenvalue weighted by Gasteiger charge is 2.46. The maximum absolute atomic E-state index is 14.1. The van der Waals surface area contributed by atoms with Gasteiger partial charge in [0.1, 0.15) is 11.8 Å². The maximum Gasteiger partial charge on any atom is 0.258 e. The van der Waals surface area contributed by atoms with Crippen LogP contribution in [-0.4, -0.2) is 102 Å². The SMILES string of the molecule is CC(C)(C)NC(=O)[C@@H]1C[C@@H]2CCCC[C@@H]2CN1C[C@@H](O)[C@H](Cc1ccccc1)NC(=O)[C@@H](NC(=O)COc1cccnc1)C(C)(C)S(C)(=O)=O. The van der Waals surface area contributed by atoms with Crippen LogP contribution in [0.4, 0.5) is 0 Å². The van der Waals surface area contributed by atoms with Crippen molar-refractivity contribution in [2.24, 2.45) is 11.8 Å². The van der Waals surface area contributed by atoms with Crippen LogP contribution in [0.25, 0.3) is 0 Å². The Morgan fingerprint density at radius 1 is 1.00 bits per heavy atom. The second-order valence-corrected chi connectivity index (χ2v) is 18.1. The maximum atomic E-state index is 14.1. The van der Waals surface area contributed by atoms with Crippen molar-refractivity contribution in [3.63, 3.8) is 0 Å². The molecule has 0 radical (unpaired) electrons. The minimum Gasteiger partial charge on any atom is -0.482 e. The van der Waals surface area contributed by atoms with Crippen LogP contribution >= 0.6 is 0 Å². The molecular weight excluding hydrogens is 659 g/mol. The van der Waals surface area contributed by atoms with E-state index in [1.165, 1.54) is 20.0 Å². The van der Waals surface area contributed by atoms with Gasteiger partial charge in [0.15, 0.2) is 16.4 Å². The Bertz CT molecular complexity index is 1550. The van der Waals surface area contributed by atoms with Gasteiger partial charge < -0.3 is 25.8 Å². The van der Waals surface area contributed by atoms with Gasteiger partial charge in [0.05, 0.1) is 29.1 Å². The zero-order valence-corrected chi connectivity index (χ0v) is 31.0. The third-order valence-corrected chi connectivity index (χ3v) is 12.2. The summed E-state index contributed by atoms with van der Waals surface area (Å²) in [6.45, 7) is 8.90. The van der Waals surface area contributed by atoms with Crippen molar-refractivity contribution in [3.05, 3.63) is 60.4 Å². The fourth-order valence-corrected chi connectivity index (χ4v) is 7.56. The van der Waals surface area contributed by atoms with Crippen LogP contribution in [-0.2, 0) is 30.6 Å². The Labute approximate surface area is 297 Å². The van der Waals surface area contributed by atoms with Gasteiger partial charge >= 0.3 is 0 Å². The number of piperidine rings is 1. The fraction of sp³-hybridized carbons (Fsp3) is 0.622. The van der Waals surface area contributed by atoms with Crippen molar-refractivity contribution in [3.8, 4) is 5.75 Å². The number of hydrogen-bond acceptors (Lipinski definition) is 9. The van der Waals surface area contributed by atoms with Crippen molar-refractivity contribution in [1.29, 1.82) is 0 Å². The average molecular weight is 714 g/mol. The van der Waals surface area contributed by atoms with Crippen LogP contribution in [0.5, 0.6) is 5.75 Å². The summed E-state index contributed by atoms with van der Waals surface area (Å²) in [5.41, 5.74) is 0.418. The molecule has 2 fully saturated rings. The molecule has 1 aliphatic heterocycles. The highest BCUT2D eigenvalue weighted by Crippen LogP contribution is 2.39. The molecule has 1 aliphatic carbocycles. The number of aliphatic hydroxyl groups is 1. The lowest BCUT2D eigenvalue weighted by Gasteiger charge is -2.47. The lowest BCUT2D eigenvalue weighted by atomic mass is 9.72. The number of fused-ring (bicyclic) bond motifs is 1. The van der Waals surface area contributed by atoms with Gasteiger partial charge in [0, 0.05) is 31.1 Å². The number of ether oxygens (including phenoxy) is 1. The number of amides is 3. The third-order valence-electron chi connectivity index (χ3n) is 10.0. The number of sulfone groups is 1. The minimum atomic E-state index is -3.88. The van der Waals surface area contributed by atoms with E-state index in [-0.39, 0.29) is 18.9 Å². The molecule has 12 nitrogen and oxygen atoms in total. The predicted molar refractivity (Wildman–Crippen MR) is 192 cm³/mol. The topological polar surface area (TPSA) is 167 Å². The van der Waals surface area contributed by atoms with Gasteiger partial charge in [-0.15, -0.1) is 0 Å². The van der Waals surface area contributed by atoms with E-state index in [1.807, 2.05) is 51.1 Å². The van der Waals surface area contributed by atoms with E-state index in [0.717, 1.165) is 37.5 Å². The molecule has 276 valence electrons. The summed E-state index contributed by atoms with van der Waals surface area (Å²) >= 11 is 0. The smallest absolute Gasteiger partial charge is 0.258 e. The lowest BCUT2D eigenvalue weighted by Crippen LogP contribution is -2.64. The van der Waals surface area contributed by atoms with Crippen molar-refractivity contribution in [1.82, 2.24) is 25.8 Å². The van der Waals surface area contributed by atoms with Gasteiger partial charge in [-0.2, -0.15) is 0 Å². The number of β-amino-alcohol motifs (C(OH)–C–C–N with tert-alkyl or cyclic N) is 1. The monoisotopic (exact) mass is 713 g/mol. The summed E-state index contributed by atoms with van der Waals surface area (Å²) < 4.78 is 29.7. The average Bonchev–Trinajstić information content (AvgIpc) is 3.05. The molecule has 0 unspecified atom stereocenters. The van der Waals surface area contributed by atoms with Gasteiger partial charge in [-0.1, -0.05) is 49.6 Å². The molecular formula is C37H55N5O7S. The number of hydrogen-bond donors (Lipinski definition) is 4. The Balaban J connectivity index is 1.58. The van der Waals surface area contributed by atoms with Crippen molar-refractivity contribution in [2.75, 3.05) is 26.0 Å². The summed E-state index contributed by atoms with van der Waals surface area (Å²) in [6.07, 6.45) is 8.26. The van der Waals surface area contributed by atoms with Crippen molar-refractivity contribution in [2.45, 2.75) is 108 Å². The van der Waals surface area contributed by atoms with Crippen LogP contribution < -0.4 is 20.7 Å². The quantitative estimate of drug-likeness (QED) is 0.230. The normalized spacial score (nSPS) is 21.9. The fourth-order valence-electron chi connectivity index (χ4n) is 6.96. The van der Waals surface area contributed by atoms with E-state index in [9.17, 15) is 27.9 Å². The largest absolute Gasteiger partial charge is 0.482 e. The van der Waals surface area contributed by atoms with Crippen LogP contribution in [0.15, 0.2) is 54.9 Å².